The molecule has 0 saturated heterocycles. The Morgan fingerprint density at radius 2 is 1.45 bits per heavy atom. The summed E-state index contributed by atoms with van der Waals surface area (Å²) in [6, 6.07) is 24.1. The maximum atomic E-state index is 12.3. The van der Waals surface area contributed by atoms with Gasteiger partial charge in [-0.3, -0.25) is 25.8 Å². The van der Waals surface area contributed by atoms with E-state index in [0.717, 1.165) is 12.0 Å². The molecule has 3 rings (SSSR count). The summed E-state index contributed by atoms with van der Waals surface area (Å²) in [4.78, 5) is 24.2. The Morgan fingerprint density at radius 3 is 2.15 bits per heavy atom. The first kappa shape index (κ1) is 23.7. The molecule has 0 aliphatic rings. The van der Waals surface area contributed by atoms with Crippen molar-refractivity contribution in [2.24, 2.45) is 0 Å². The Labute approximate surface area is 198 Å². The zero-order valence-corrected chi connectivity index (χ0v) is 19.0. The molecule has 0 aliphatic carbocycles. The van der Waals surface area contributed by atoms with Gasteiger partial charge < -0.3 is 9.47 Å². The second kappa shape index (κ2) is 12.2. The molecule has 8 heteroatoms. The number of hydrazine groups is 1. The summed E-state index contributed by atoms with van der Waals surface area (Å²) < 4.78 is 11.1. The van der Waals surface area contributed by atoms with E-state index in [0.29, 0.717) is 23.7 Å². The number of carbonyl (C=O) groups is 2. The van der Waals surface area contributed by atoms with Gasteiger partial charge in [0.05, 0.1) is 6.61 Å². The van der Waals surface area contributed by atoms with Crippen LogP contribution in [0.2, 0.25) is 0 Å². The number of nitrogens with one attached hydrogen (secondary N) is 3. The van der Waals surface area contributed by atoms with Crippen LogP contribution < -0.4 is 25.6 Å². The molecule has 0 heterocycles. The number of carbonyl (C=O) groups excluding carboxylic acids is 2. The lowest BCUT2D eigenvalue weighted by molar-refractivity contribution is -0.123. The van der Waals surface area contributed by atoms with Gasteiger partial charge >= 0.3 is 0 Å². The Bertz CT molecular complexity index is 1070. The fourth-order valence-corrected chi connectivity index (χ4v) is 2.93. The Hall–Kier alpha value is -3.91. The van der Waals surface area contributed by atoms with Crippen molar-refractivity contribution in [3.05, 3.63) is 95.6 Å². The third kappa shape index (κ3) is 8.27. The van der Waals surface area contributed by atoms with Gasteiger partial charge in [0.2, 0.25) is 0 Å². The molecule has 0 aromatic heterocycles. The lowest BCUT2D eigenvalue weighted by Gasteiger charge is -2.12. The maximum Gasteiger partial charge on any atom is 0.276 e. The summed E-state index contributed by atoms with van der Waals surface area (Å²) in [7, 11) is 0. The number of thiocarbonyl (C=S) groups is 1. The van der Waals surface area contributed by atoms with Crippen LogP contribution in [0, 0.1) is 6.92 Å². The van der Waals surface area contributed by atoms with Crippen molar-refractivity contribution in [1.82, 2.24) is 16.2 Å². The van der Waals surface area contributed by atoms with Crippen LogP contribution in [0.25, 0.3) is 0 Å². The molecule has 0 saturated carbocycles. The third-order valence-electron chi connectivity index (χ3n) is 4.55. The topological polar surface area (TPSA) is 88.7 Å². The number of aryl methyl sites for hydroxylation is 1. The summed E-state index contributed by atoms with van der Waals surface area (Å²) in [6.07, 6.45) is 0.796. The van der Waals surface area contributed by atoms with Crippen molar-refractivity contribution in [1.29, 1.82) is 0 Å². The average Bonchev–Trinajstić information content (AvgIpc) is 2.83. The van der Waals surface area contributed by atoms with Gasteiger partial charge in [0.1, 0.15) is 11.5 Å². The zero-order valence-electron chi connectivity index (χ0n) is 18.2. The van der Waals surface area contributed by atoms with E-state index in [1.165, 1.54) is 5.56 Å². The van der Waals surface area contributed by atoms with E-state index in [1.807, 2.05) is 49.4 Å². The monoisotopic (exact) mass is 463 g/mol. The zero-order chi connectivity index (χ0) is 23.5. The molecule has 3 aromatic carbocycles. The molecule has 3 aromatic rings. The van der Waals surface area contributed by atoms with Crippen molar-refractivity contribution >= 4 is 29.1 Å². The smallest absolute Gasteiger partial charge is 0.276 e. The Kier molecular flexibility index (Phi) is 8.79. The first-order valence-corrected chi connectivity index (χ1v) is 10.8. The van der Waals surface area contributed by atoms with Crippen molar-refractivity contribution in [2.45, 2.75) is 13.3 Å². The highest BCUT2D eigenvalue weighted by Crippen LogP contribution is 2.13. The third-order valence-corrected chi connectivity index (χ3v) is 4.76. The van der Waals surface area contributed by atoms with Crippen molar-refractivity contribution < 1.29 is 19.1 Å². The molecule has 0 unspecified atom stereocenters. The number of hydrogen-bond acceptors (Lipinski definition) is 5. The summed E-state index contributed by atoms with van der Waals surface area (Å²) in [5.74, 6) is 0.404. The molecule has 0 spiro atoms. The van der Waals surface area contributed by atoms with Crippen LogP contribution in [-0.4, -0.2) is 30.1 Å². The molecule has 0 atom stereocenters. The van der Waals surface area contributed by atoms with E-state index in [-0.39, 0.29) is 11.7 Å². The molecule has 2 amide bonds. The maximum absolute atomic E-state index is 12.3. The van der Waals surface area contributed by atoms with Crippen molar-refractivity contribution in [2.75, 3.05) is 13.2 Å². The van der Waals surface area contributed by atoms with E-state index in [9.17, 15) is 9.59 Å². The quantitative estimate of drug-likeness (QED) is 0.351. The minimum atomic E-state index is -0.441. The number of hydrogen-bond donors (Lipinski definition) is 3. The number of rotatable bonds is 8. The highest BCUT2D eigenvalue weighted by Gasteiger charge is 2.09. The van der Waals surface area contributed by atoms with Crippen LogP contribution in [0.4, 0.5) is 0 Å². The Morgan fingerprint density at radius 1 is 0.818 bits per heavy atom. The average molecular weight is 464 g/mol. The van der Waals surface area contributed by atoms with E-state index in [1.54, 1.807) is 36.4 Å². The molecule has 0 fully saturated rings. The predicted octanol–water partition coefficient (Wildman–Crippen LogP) is 3.33. The van der Waals surface area contributed by atoms with Crippen LogP contribution in [0.5, 0.6) is 11.5 Å². The molecule has 3 N–H and O–H groups in total. The first-order valence-electron chi connectivity index (χ1n) is 10.4. The fourth-order valence-electron chi connectivity index (χ4n) is 2.79. The van der Waals surface area contributed by atoms with Gasteiger partial charge in [0.15, 0.2) is 11.7 Å². The number of ether oxygens (including phenoxy) is 2. The first-order chi connectivity index (χ1) is 16.0. The highest BCUT2D eigenvalue weighted by atomic mass is 32.1. The van der Waals surface area contributed by atoms with Gasteiger partial charge in [-0.15, -0.1) is 0 Å². The summed E-state index contributed by atoms with van der Waals surface area (Å²) in [6.45, 7) is 2.31. The molecular formula is C25H25N3O4S. The van der Waals surface area contributed by atoms with Crippen LogP contribution in [0.3, 0.4) is 0 Å². The highest BCUT2D eigenvalue weighted by molar-refractivity contribution is 7.80. The van der Waals surface area contributed by atoms with Gasteiger partial charge in [-0.05, 0) is 61.1 Å². The number of benzene rings is 3. The van der Waals surface area contributed by atoms with Gasteiger partial charge in [-0.25, -0.2) is 0 Å². The van der Waals surface area contributed by atoms with Gasteiger partial charge in [-0.1, -0.05) is 48.0 Å². The summed E-state index contributed by atoms with van der Waals surface area (Å²) in [5.41, 5.74) is 7.56. The van der Waals surface area contributed by atoms with Crippen molar-refractivity contribution in [3.8, 4) is 11.5 Å². The lowest BCUT2D eigenvalue weighted by atomic mass is 10.2. The van der Waals surface area contributed by atoms with E-state index < -0.39 is 11.8 Å². The number of amides is 2. The molecule has 0 bridgehead atoms. The fraction of sp³-hybridized carbons (Fsp3) is 0.160. The van der Waals surface area contributed by atoms with Crippen LogP contribution in [0.15, 0.2) is 78.9 Å². The lowest BCUT2D eigenvalue weighted by Crippen LogP contribution is -2.49. The van der Waals surface area contributed by atoms with Gasteiger partial charge in [0.25, 0.3) is 11.8 Å². The normalized spacial score (nSPS) is 10.1. The second-order valence-corrected chi connectivity index (χ2v) is 7.57. The molecule has 0 aliphatic heterocycles. The second-order valence-electron chi connectivity index (χ2n) is 7.17. The van der Waals surface area contributed by atoms with E-state index in [2.05, 4.69) is 16.2 Å². The minimum absolute atomic E-state index is 0.0353. The summed E-state index contributed by atoms with van der Waals surface area (Å²) in [5, 5.41) is 2.47. The van der Waals surface area contributed by atoms with E-state index >= 15 is 0 Å². The van der Waals surface area contributed by atoms with Crippen LogP contribution in [0.1, 0.15) is 21.5 Å². The molecule has 7 nitrogen and oxygen atoms in total. The Balaban J connectivity index is 1.35. The molecule has 0 radical (unpaired) electrons. The standard InChI is InChI=1S/C25H25N3O4S/c1-18-7-11-22(12-8-18)32-17-23(29)27-28-25(33)26-24(30)20-9-13-21(14-10-20)31-16-15-19-5-3-2-4-6-19/h2-14H,15-17H2,1H3,(H,27,29)(H2,26,28,30,33). The predicted molar refractivity (Wildman–Crippen MR) is 130 cm³/mol. The molecular weight excluding hydrogens is 438 g/mol. The largest absolute Gasteiger partial charge is 0.493 e. The van der Waals surface area contributed by atoms with Crippen LogP contribution in [-0.2, 0) is 11.2 Å². The minimum Gasteiger partial charge on any atom is -0.493 e. The van der Waals surface area contributed by atoms with Gasteiger partial charge in [0, 0.05) is 12.0 Å². The van der Waals surface area contributed by atoms with E-state index in [4.69, 9.17) is 21.7 Å². The molecule has 33 heavy (non-hydrogen) atoms. The van der Waals surface area contributed by atoms with Crippen LogP contribution >= 0.6 is 12.2 Å². The summed E-state index contributed by atoms with van der Waals surface area (Å²) >= 11 is 5.05. The SMILES string of the molecule is Cc1ccc(OCC(=O)NNC(=S)NC(=O)c2ccc(OCCc3ccccc3)cc2)cc1. The van der Waals surface area contributed by atoms with Gasteiger partial charge in [-0.2, -0.15) is 0 Å². The molecule has 170 valence electrons. The van der Waals surface area contributed by atoms with Crippen molar-refractivity contribution in [3.63, 3.8) is 0 Å².